The molecule has 0 amide bonds. The Morgan fingerprint density at radius 3 is 2.00 bits per heavy atom. The van der Waals surface area contributed by atoms with Crippen molar-refractivity contribution in [2.45, 2.75) is 13.3 Å². The molecule has 19 heavy (non-hydrogen) atoms. The van der Waals surface area contributed by atoms with Crippen LogP contribution in [0.25, 0.3) is 11.1 Å². The maximum absolute atomic E-state index is 10.8. The molecular formula is C16H16O3. The van der Waals surface area contributed by atoms with Crippen LogP contribution in [0.15, 0.2) is 48.5 Å². The molecule has 3 nitrogen and oxygen atoms in total. The summed E-state index contributed by atoms with van der Waals surface area (Å²) >= 11 is 0. The van der Waals surface area contributed by atoms with E-state index >= 15 is 0 Å². The number of hydrogen-bond donors (Lipinski definition) is 1. The van der Waals surface area contributed by atoms with E-state index in [4.69, 9.17) is 9.84 Å². The molecule has 0 atom stereocenters. The van der Waals surface area contributed by atoms with Crippen LogP contribution in [-0.4, -0.2) is 17.7 Å². The van der Waals surface area contributed by atoms with Gasteiger partial charge >= 0.3 is 5.97 Å². The molecule has 0 aliphatic rings. The van der Waals surface area contributed by atoms with Gasteiger partial charge in [-0.2, -0.15) is 0 Å². The molecule has 0 aromatic heterocycles. The summed E-state index contributed by atoms with van der Waals surface area (Å²) < 4.78 is 4.99. The van der Waals surface area contributed by atoms with Gasteiger partial charge in [0.15, 0.2) is 0 Å². The Morgan fingerprint density at radius 2 is 1.53 bits per heavy atom. The molecule has 0 aliphatic heterocycles. The predicted molar refractivity (Wildman–Crippen MR) is 74.0 cm³/mol. The van der Waals surface area contributed by atoms with E-state index in [1.807, 2.05) is 36.4 Å². The maximum atomic E-state index is 10.8. The van der Waals surface area contributed by atoms with Crippen molar-refractivity contribution in [3.63, 3.8) is 0 Å². The van der Waals surface area contributed by atoms with Crippen molar-refractivity contribution in [3.05, 3.63) is 54.1 Å². The first-order valence-corrected chi connectivity index (χ1v) is 6.17. The topological polar surface area (TPSA) is 46.5 Å². The van der Waals surface area contributed by atoms with Gasteiger partial charge in [-0.1, -0.05) is 36.4 Å². The molecule has 2 aromatic carbocycles. The molecule has 0 saturated carbocycles. The van der Waals surface area contributed by atoms with E-state index < -0.39 is 0 Å². The summed E-state index contributed by atoms with van der Waals surface area (Å²) in [5.41, 5.74) is 3.27. The molecule has 0 spiro atoms. The zero-order valence-corrected chi connectivity index (χ0v) is 10.8. The van der Waals surface area contributed by atoms with Crippen LogP contribution in [0.4, 0.5) is 0 Å². The van der Waals surface area contributed by atoms with Crippen LogP contribution in [0.2, 0.25) is 0 Å². The molecule has 0 radical (unpaired) electrons. The number of benzene rings is 2. The van der Waals surface area contributed by atoms with Crippen molar-refractivity contribution >= 4 is 5.97 Å². The third-order valence-electron chi connectivity index (χ3n) is 2.80. The number of carbonyl (C=O) groups excluding carboxylic acids is 1. The normalized spacial score (nSPS) is 10.2. The van der Waals surface area contributed by atoms with E-state index in [1.54, 1.807) is 12.1 Å². The standard InChI is InChI=1S/C16H16O3/c1-12(18)19-16-8-6-15(7-9-16)14-4-2-13(3-5-14)10-11-17/h2-9,17H,10-11H2,1H3. The van der Waals surface area contributed by atoms with Crippen LogP contribution >= 0.6 is 0 Å². The molecule has 2 rings (SSSR count). The first-order valence-electron chi connectivity index (χ1n) is 6.17. The summed E-state index contributed by atoms with van der Waals surface area (Å²) in [6.07, 6.45) is 0.672. The smallest absolute Gasteiger partial charge is 0.308 e. The summed E-state index contributed by atoms with van der Waals surface area (Å²) in [6.45, 7) is 1.55. The van der Waals surface area contributed by atoms with Crippen LogP contribution in [0.3, 0.4) is 0 Å². The van der Waals surface area contributed by atoms with Crippen molar-refractivity contribution in [3.8, 4) is 16.9 Å². The van der Waals surface area contributed by atoms with E-state index in [-0.39, 0.29) is 12.6 Å². The Morgan fingerprint density at radius 1 is 1.00 bits per heavy atom. The molecule has 3 heteroatoms. The molecule has 0 aliphatic carbocycles. The van der Waals surface area contributed by atoms with Gasteiger partial charge in [0.05, 0.1) is 0 Å². The zero-order chi connectivity index (χ0) is 13.7. The van der Waals surface area contributed by atoms with E-state index in [0.717, 1.165) is 16.7 Å². The largest absolute Gasteiger partial charge is 0.427 e. The first kappa shape index (κ1) is 13.3. The summed E-state index contributed by atoms with van der Waals surface area (Å²) in [4.78, 5) is 10.8. The van der Waals surface area contributed by atoms with Gasteiger partial charge in [-0.3, -0.25) is 4.79 Å². The summed E-state index contributed by atoms with van der Waals surface area (Å²) in [7, 11) is 0. The second-order valence-corrected chi connectivity index (χ2v) is 4.29. The van der Waals surface area contributed by atoms with Gasteiger partial charge in [0, 0.05) is 13.5 Å². The molecule has 98 valence electrons. The predicted octanol–water partition coefficient (Wildman–Crippen LogP) is 2.81. The van der Waals surface area contributed by atoms with Crippen molar-refractivity contribution < 1.29 is 14.6 Å². The number of aliphatic hydroxyl groups is 1. The second kappa shape index (κ2) is 6.16. The van der Waals surface area contributed by atoms with E-state index in [0.29, 0.717) is 12.2 Å². The van der Waals surface area contributed by atoms with Crippen LogP contribution in [0.5, 0.6) is 5.75 Å². The van der Waals surface area contributed by atoms with Crippen LogP contribution in [0, 0.1) is 0 Å². The second-order valence-electron chi connectivity index (χ2n) is 4.29. The fourth-order valence-electron chi connectivity index (χ4n) is 1.87. The Balaban J connectivity index is 2.15. The minimum atomic E-state index is -0.318. The summed E-state index contributed by atoms with van der Waals surface area (Å²) in [5.74, 6) is 0.231. The lowest BCUT2D eigenvalue weighted by Gasteiger charge is -2.05. The summed E-state index contributed by atoms with van der Waals surface area (Å²) in [6, 6.07) is 15.4. The highest BCUT2D eigenvalue weighted by molar-refractivity contribution is 5.70. The van der Waals surface area contributed by atoms with Crippen LogP contribution in [0.1, 0.15) is 12.5 Å². The Bertz CT molecular complexity index is 541. The minimum Gasteiger partial charge on any atom is -0.427 e. The maximum Gasteiger partial charge on any atom is 0.308 e. The fraction of sp³-hybridized carbons (Fsp3) is 0.188. The summed E-state index contributed by atoms with van der Waals surface area (Å²) in [5, 5.41) is 8.87. The van der Waals surface area contributed by atoms with Crippen LogP contribution in [-0.2, 0) is 11.2 Å². The molecule has 2 aromatic rings. The van der Waals surface area contributed by atoms with Crippen molar-refractivity contribution in [1.29, 1.82) is 0 Å². The SMILES string of the molecule is CC(=O)Oc1ccc(-c2ccc(CCO)cc2)cc1. The van der Waals surface area contributed by atoms with Gasteiger partial charge in [-0.05, 0) is 35.2 Å². The fourth-order valence-corrected chi connectivity index (χ4v) is 1.87. The third kappa shape index (κ3) is 3.66. The molecular weight excluding hydrogens is 240 g/mol. The lowest BCUT2D eigenvalue weighted by atomic mass is 10.0. The molecule has 1 N–H and O–H groups in total. The average Bonchev–Trinajstić information content (AvgIpc) is 2.40. The van der Waals surface area contributed by atoms with Crippen molar-refractivity contribution in [2.24, 2.45) is 0 Å². The Kier molecular flexibility index (Phi) is 4.31. The molecule has 0 unspecified atom stereocenters. The number of ether oxygens (including phenoxy) is 1. The Labute approximate surface area is 112 Å². The highest BCUT2D eigenvalue weighted by Crippen LogP contribution is 2.23. The number of rotatable bonds is 4. The highest BCUT2D eigenvalue weighted by Gasteiger charge is 2.01. The van der Waals surface area contributed by atoms with Gasteiger partial charge in [0.2, 0.25) is 0 Å². The van der Waals surface area contributed by atoms with Crippen molar-refractivity contribution in [1.82, 2.24) is 0 Å². The van der Waals surface area contributed by atoms with Gasteiger partial charge in [0.1, 0.15) is 5.75 Å². The van der Waals surface area contributed by atoms with E-state index in [1.165, 1.54) is 6.92 Å². The lowest BCUT2D eigenvalue weighted by molar-refractivity contribution is -0.131. The number of carbonyl (C=O) groups is 1. The van der Waals surface area contributed by atoms with E-state index in [2.05, 4.69) is 0 Å². The lowest BCUT2D eigenvalue weighted by Crippen LogP contribution is -2.00. The molecule has 0 saturated heterocycles. The quantitative estimate of drug-likeness (QED) is 0.676. The van der Waals surface area contributed by atoms with Gasteiger partial charge in [0.25, 0.3) is 0 Å². The first-order chi connectivity index (χ1) is 9.19. The molecule has 0 heterocycles. The number of hydrogen-bond acceptors (Lipinski definition) is 3. The van der Waals surface area contributed by atoms with Crippen LogP contribution < -0.4 is 4.74 Å². The van der Waals surface area contributed by atoms with Gasteiger partial charge in [-0.15, -0.1) is 0 Å². The average molecular weight is 256 g/mol. The molecule has 0 bridgehead atoms. The third-order valence-corrected chi connectivity index (χ3v) is 2.80. The molecule has 0 fully saturated rings. The zero-order valence-electron chi connectivity index (χ0n) is 10.8. The number of aliphatic hydroxyl groups excluding tert-OH is 1. The highest BCUT2D eigenvalue weighted by atomic mass is 16.5. The number of esters is 1. The van der Waals surface area contributed by atoms with Crippen molar-refractivity contribution in [2.75, 3.05) is 6.61 Å². The van der Waals surface area contributed by atoms with Gasteiger partial charge in [-0.25, -0.2) is 0 Å². The monoisotopic (exact) mass is 256 g/mol. The Hall–Kier alpha value is -2.13. The van der Waals surface area contributed by atoms with Gasteiger partial charge < -0.3 is 9.84 Å². The van der Waals surface area contributed by atoms with E-state index in [9.17, 15) is 4.79 Å². The minimum absolute atomic E-state index is 0.163.